The Balaban J connectivity index is 2.45. The molecule has 1 rings (SSSR count). The molecule has 0 aliphatic carbocycles. The van der Waals surface area contributed by atoms with Gasteiger partial charge in [-0.1, -0.05) is 12.1 Å². The van der Waals surface area contributed by atoms with Crippen molar-refractivity contribution in [1.29, 1.82) is 0 Å². The third kappa shape index (κ3) is 4.90. The predicted molar refractivity (Wildman–Crippen MR) is 66.4 cm³/mol. The number of amides is 1. The second-order valence-electron chi connectivity index (χ2n) is 4.31. The average Bonchev–Trinajstić information content (AvgIpc) is 2.37. The number of hydrogen-bond donors (Lipinski definition) is 2. The molecule has 0 aliphatic rings. The normalized spacial score (nSPS) is 13.1. The zero-order valence-corrected chi connectivity index (χ0v) is 10.6. The number of hydrogen-bond acceptors (Lipinski definition) is 2. The number of alkyl halides is 3. The number of benzene rings is 1. The zero-order valence-electron chi connectivity index (χ0n) is 10.6. The van der Waals surface area contributed by atoms with Crippen molar-refractivity contribution in [3.05, 3.63) is 35.4 Å². The molecule has 1 aromatic carbocycles. The van der Waals surface area contributed by atoms with Gasteiger partial charge < -0.3 is 11.1 Å². The van der Waals surface area contributed by atoms with Crippen molar-refractivity contribution in [2.24, 2.45) is 5.73 Å². The molecule has 0 saturated heterocycles. The summed E-state index contributed by atoms with van der Waals surface area (Å²) in [6, 6.07) is 4.46. The number of aryl methyl sites for hydroxylation is 1. The highest BCUT2D eigenvalue weighted by Gasteiger charge is 2.29. The molecule has 0 spiro atoms. The van der Waals surface area contributed by atoms with E-state index in [0.717, 1.165) is 17.7 Å². The lowest BCUT2D eigenvalue weighted by atomic mass is 10.0. The Bertz CT molecular complexity index is 415. The highest BCUT2D eigenvalue weighted by Crippen LogP contribution is 2.29. The van der Waals surface area contributed by atoms with Crippen LogP contribution in [0.5, 0.6) is 0 Å². The van der Waals surface area contributed by atoms with Gasteiger partial charge in [-0.3, -0.25) is 4.79 Å². The third-order valence-corrected chi connectivity index (χ3v) is 2.85. The second kappa shape index (κ2) is 6.56. The summed E-state index contributed by atoms with van der Waals surface area (Å²) in [6.45, 7) is 0. The Kier molecular flexibility index (Phi) is 5.35. The van der Waals surface area contributed by atoms with Crippen molar-refractivity contribution in [3.63, 3.8) is 0 Å². The lowest BCUT2D eigenvalue weighted by molar-refractivity contribution is -0.137. The van der Waals surface area contributed by atoms with Crippen molar-refractivity contribution >= 4 is 5.91 Å². The Morgan fingerprint density at radius 2 is 1.89 bits per heavy atom. The van der Waals surface area contributed by atoms with Crippen molar-refractivity contribution in [3.8, 4) is 0 Å². The summed E-state index contributed by atoms with van der Waals surface area (Å²) >= 11 is 0. The molecule has 19 heavy (non-hydrogen) atoms. The third-order valence-electron chi connectivity index (χ3n) is 2.85. The monoisotopic (exact) mass is 274 g/mol. The molecule has 1 atom stereocenters. The standard InChI is InChI=1S/C13H17F3N2O/c1-18-12(19)11(17)4-2-3-9-5-7-10(8-6-9)13(14,15)16/h5-8,11H,2-4,17H2,1H3,(H,18,19)/t11-/m0/s1. The number of rotatable bonds is 5. The maximum Gasteiger partial charge on any atom is 0.416 e. The molecule has 3 nitrogen and oxygen atoms in total. The van der Waals surface area contributed by atoms with Gasteiger partial charge in [0, 0.05) is 7.05 Å². The van der Waals surface area contributed by atoms with Gasteiger partial charge in [-0.2, -0.15) is 13.2 Å². The lowest BCUT2D eigenvalue weighted by Gasteiger charge is -2.10. The molecule has 0 heterocycles. The molecule has 0 fully saturated rings. The van der Waals surface area contributed by atoms with Gasteiger partial charge in [0.1, 0.15) is 0 Å². The Morgan fingerprint density at radius 1 is 1.32 bits per heavy atom. The fourth-order valence-electron chi connectivity index (χ4n) is 1.70. The van der Waals surface area contributed by atoms with E-state index in [1.54, 1.807) is 0 Å². The first-order chi connectivity index (χ1) is 8.84. The van der Waals surface area contributed by atoms with Crippen LogP contribution in [0.15, 0.2) is 24.3 Å². The van der Waals surface area contributed by atoms with Crippen molar-refractivity contribution < 1.29 is 18.0 Å². The van der Waals surface area contributed by atoms with Crippen LogP contribution in [0, 0.1) is 0 Å². The maximum atomic E-state index is 12.3. The number of nitrogens with two attached hydrogens (primary N) is 1. The first kappa shape index (κ1) is 15.5. The van der Waals surface area contributed by atoms with E-state index < -0.39 is 17.8 Å². The molecule has 3 N–H and O–H groups in total. The molecule has 0 unspecified atom stereocenters. The number of carbonyl (C=O) groups excluding carboxylic acids is 1. The van der Waals surface area contributed by atoms with Crippen molar-refractivity contribution in [2.75, 3.05) is 7.05 Å². The van der Waals surface area contributed by atoms with E-state index in [1.807, 2.05) is 0 Å². The molecule has 0 aliphatic heterocycles. The Morgan fingerprint density at radius 3 is 2.37 bits per heavy atom. The topological polar surface area (TPSA) is 55.1 Å². The van der Waals surface area contributed by atoms with Gasteiger partial charge in [0.15, 0.2) is 0 Å². The summed E-state index contributed by atoms with van der Waals surface area (Å²) in [5, 5.41) is 2.45. The molecular formula is C13H17F3N2O. The van der Waals surface area contributed by atoms with Crippen LogP contribution in [-0.2, 0) is 17.4 Å². The smallest absolute Gasteiger partial charge is 0.358 e. The summed E-state index contributed by atoms with van der Waals surface area (Å²) in [7, 11) is 1.51. The zero-order chi connectivity index (χ0) is 14.5. The van der Waals surface area contributed by atoms with Crippen molar-refractivity contribution in [1.82, 2.24) is 5.32 Å². The van der Waals surface area contributed by atoms with Crippen LogP contribution < -0.4 is 11.1 Å². The summed E-state index contributed by atoms with van der Waals surface area (Å²) in [5.41, 5.74) is 5.76. The van der Waals surface area contributed by atoms with Gasteiger partial charge in [-0.05, 0) is 37.0 Å². The van der Waals surface area contributed by atoms with E-state index in [9.17, 15) is 18.0 Å². The Hall–Kier alpha value is -1.56. The number of nitrogens with one attached hydrogen (secondary N) is 1. The minimum Gasteiger partial charge on any atom is -0.358 e. The largest absolute Gasteiger partial charge is 0.416 e. The van der Waals surface area contributed by atoms with Crippen LogP contribution in [0.1, 0.15) is 24.0 Å². The van der Waals surface area contributed by atoms with Gasteiger partial charge >= 0.3 is 6.18 Å². The van der Waals surface area contributed by atoms with Crippen LogP contribution in [0.25, 0.3) is 0 Å². The van der Waals surface area contributed by atoms with E-state index in [4.69, 9.17) is 5.73 Å². The number of halogens is 3. The quantitative estimate of drug-likeness (QED) is 0.864. The fourth-order valence-corrected chi connectivity index (χ4v) is 1.70. The summed E-state index contributed by atoms with van der Waals surface area (Å²) in [6.07, 6.45) is -2.55. The molecular weight excluding hydrogens is 257 g/mol. The van der Waals surface area contributed by atoms with Gasteiger partial charge in [0.25, 0.3) is 0 Å². The second-order valence-corrected chi connectivity index (χ2v) is 4.31. The molecule has 0 bridgehead atoms. The van der Waals surface area contributed by atoms with Crippen LogP contribution in [0.3, 0.4) is 0 Å². The van der Waals surface area contributed by atoms with Crippen LogP contribution in [0.4, 0.5) is 13.2 Å². The molecule has 0 radical (unpaired) electrons. The summed E-state index contributed by atoms with van der Waals surface area (Å²) in [5.74, 6) is -0.229. The SMILES string of the molecule is CNC(=O)[C@@H](N)CCCc1ccc(C(F)(F)F)cc1. The predicted octanol–water partition coefficient (Wildman–Crippen LogP) is 2.10. The van der Waals surface area contributed by atoms with Crippen LogP contribution in [0.2, 0.25) is 0 Å². The maximum absolute atomic E-state index is 12.3. The molecule has 0 saturated carbocycles. The summed E-state index contributed by atoms with van der Waals surface area (Å²) in [4.78, 5) is 11.1. The molecule has 1 amide bonds. The highest BCUT2D eigenvalue weighted by molar-refractivity contribution is 5.81. The molecule has 0 aromatic heterocycles. The van der Waals surface area contributed by atoms with Gasteiger partial charge in [0.2, 0.25) is 5.91 Å². The van der Waals surface area contributed by atoms with Gasteiger partial charge in [0.05, 0.1) is 11.6 Å². The lowest BCUT2D eigenvalue weighted by Crippen LogP contribution is -2.38. The van der Waals surface area contributed by atoms with Gasteiger partial charge in [-0.25, -0.2) is 0 Å². The van der Waals surface area contributed by atoms with Crippen molar-refractivity contribution in [2.45, 2.75) is 31.5 Å². The first-order valence-electron chi connectivity index (χ1n) is 5.98. The van der Waals surface area contributed by atoms with E-state index in [1.165, 1.54) is 19.2 Å². The van der Waals surface area contributed by atoms with Gasteiger partial charge in [-0.15, -0.1) is 0 Å². The van der Waals surface area contributed by atoms with E-state index in [2.05, 4.69) is 5.32 Å². The number of carbonyl (C=O) groups is 1. The van der Waals surface area contributed by atoms with E-state index in [-0.39, 0.29) is 5.91 Å². The minimum atomic E-state index is -4.31. The Labute approximate surface area is 110 Å². The van der Waals surface area contributed by atoms with Crippen LogP contribution in [-0.4, -0.2) is 19.0 Å². The molecule has 106 valence electrons. The minimum absolute atomic E-state index is 0.229. The fraction of sp³-hybridized carbons (Fsp3) is 0.462. The first-order valence-corrected chi connectivity index (χ1v) is 5.98. The van der Waals surface area contributed by atoms with E-state index >= 15 is 0 Å². The van der Waals surface area contributed by atoms with E-state index in [0.29, 0.717) is 19.3 Å². The van der Waals surface area contributed by atoms with Crippen LogP contribution >= 0.6 is 0 Å². The average molecular weight is 274 g/mol. The molecule has 1 aromatic rings. The summed E-state index contributed by atoms with van der Waals surface area (Å²) < 4.78 is 37.0. The molecule has 6 heteroatoms. The number of likely N-dealkylation sites (N-methyl/N-ethyl adjacent to an activating group) is 1. The highest BCUT2D eigenvalue weighted by atomic mass is 19.4.